The van der Waals surface area contributed by atoms with Gasteiger partial charge < -0.3 is 5.32 Å². The van der Waals surface area contributed by atoms with Gasteiger partial charge in [0.1, 0.15) is 0 Å². The lowest BCUT2D eigenvalue weighted by atomic mass is 10.2. The van der Waals surface area contributed by atoms with Gasteiger partial charge in [-0.25, -0.2) is 8.42 Å². The number of rotatable bonds is 5. The van der Waals surface area contributed by atoms with Crippen molar-refractivity contribution in [3.8, 4) is 0 Å². The third-order valence-corrected chi connectivity index (χ3v) is 7.13. The number of amides is 1. The molecular weight excluding hydrogens is 374 g/mol. The Bertz CT molecular complexity index is 618. The van der Waals surface area contributed by atoms with Crippen molar-refractivity contribution in [1.82, 2.24) is 5.32 Å². The summed E-state index contributed by atoms with van der Waals surface area (Å²) < 4.78 is 23.8. The van der Waals surface area contributed by atoms with Crippen LogP contribution in [0.3, 0.4) is 0 Å². The van der Waals surface area contributed by atoms with Crippen molar-refractivity contribution in [2.45, 2.75) is 30.4 Å². The van der Waals surface area contributed by atoms with Crippen molar-refractivity contribution >= 4 is 43.4 Å². The van der Waals surface area contributed by atoms with Gasteiger partial charge in [0.05, 0.1) is 16.8 Å². The van der Waals surface area contributed by atoms with E-state index in [0.29, 0.717) is 6.42 Å². The zero-order valence-electron chi connectivity index (χ0n) is 11.7. The number of hydrogen-bond acceptors (Lipinski definition) is 4. The molecule has 116 valence electrons. The largest absolute Gasteiger partial charge is 0.351 e. The van der Waals surface area contributed by atoms with E-state index in [2.05, 4.69) is 21.2 Å². The van der Waals surface area contributed by atoms with E-state index in [1.807, 2.05) is 31.2 Å². The summed E-state index contributed by atoms with van der Waals surface area (Å²) >= 11 is 5.03. The summed E-state index contributed by atoms with van der Waals surface area (Å²) in [6, 6.07) is 7.69. The highest BCUT2D eigenvalue weighted by atomic mass is 79.9. The zero-order valence-corrected chi connectivity index (χ0v) is 14.9. The molecule has 2 rings (SSSR count). The second-order valence-corrected chi connectivity index (χ2v) is 9.57. The van der Waals surface area contributed by atoms with E-state index in [9.17, 15) is 13.2 Å². The fourth-order valence-electron chi connectivity index (χ4n) is 2.13. The Labute approximate surface area is 138 Å². The predicted molar refractivity (Wildman–Crippen MR) is 90.1 cm³/mol. The molecule has 0 unspecified atom stereocenters. The molecule has 1 aromatic carbocycles. The summed E-state index contributed by atoms with van der Waals surface area (Å²) in [6.07, 6.45) is 0.524. The number of benzene rings is 1. The Morgan fingerprint density at radius 1 is 1.48 bits per heavy atom. The third-order valence-electron chi connectivity index (χ3n) is 3.39. The summed E-state index contributed by atoms with van der Waals surface area (Å²) in [7, 11) is -2.96. The van der Waals surface area contributed by atoms with Gasteiger partial charge in [-0.15, -0.1) is 11.8 Å². The maximum atomic E-state index is 12.1. The zero-order chi connectivity index (χ0) is 15.5. The molecule has 1 N–H and O–H groups in total. The first-order valence-electron chi connectivity index (χ1n) is 6.73. The fourth-order valence-corrected chi connectivity index (χ4v) is 5.32. The number of sulfone groups is 1. The molecule has 0 bridgehead atoms. The van der Waals surface area contributed by atoms with Crippen LogP contribution in [0.4, 0.5) is 0 Å². The molecule has 21 heavy (non-hydrogen) atoms. The van der Waals surface area contributed by atoms with E-state index in [-0.39, 0.29) is 28.7 Å². The highest BCUT2D eigenvalue weighted by molar-refractivity contribution is 9.10. The molecule has 1 amide bonds. The Morgan fingerprint density at radius 3 is 2.81 bits per heavy atom. The van der Waals surface area contributed by atoms with Crippen molar-refractivity contribution in [3.63, 3.8) is 0 Å². The molecule has 1 aliphatic rings. The van der Waals surface area contributed by atoms with E-state index in [4.69, 9.17) is 0 Å². The van der Waals surface area contributed by atoms with Gasteiger partial charge in [-0.05, 0) is 25.0 Å². The van der Waals surface area contributed by atoms with Gasteiger partial charge >= 0.3 is 0 Å². The van der Waals surface area contributed by atoms with Gasteiger partial charge in [-0.1, -0.05) is 34.1 Å². The van der Waals surface area contributed by atoms with Crippen molar-refractivity contribution in [3.05, 3.63) is 34.3 Å². The molecule has 0 radical (unpaired) electrons. The number of carbonyl (C=O) groups excluding carboxylic acids is 1. The van der Waals surface area contributed by atoms with Crippen LogP contribution in [0.1, 0.15) is 18.9 Å². The summed E-state index contributed by atoms with van der Waals surface area (Å²) in [6.45, 7) is 1.85. The van der Waals surface area contributed by atoms with E-state index < -0.39 is 9.84 Å². The van der Waals surface area contributed by atoms with Crippen LogP contribution in [0.5, 0.6) is 0 Å². The molecule has 0 aromatic heterocycles. The van der Waals surface area contributed by atoms with Gasteiger partial charge in [0.15, 0.2) is 9.84 Å². The monoisotopic (exact) mass is 391 g/mol. The Balaban J connectivity index is 1.82. The molecule has 1 saturated heterocycles. The Hall–Kier alpha value is -0.530. The molecule has 0 saturated carbocycles. The maximum Gasteiger partial charge on any atom is 0.233 e. The number of nitrogens with one attached hydrogen (secondary N) is 1. The van der Waals surface area contributed by atoms with Crippen LogP contribution in [-0.4, -0.2) is 37.1 Å². The van der Waals surface area contributed by atoms with Gasteiger partial charge in [0.2, 0.25) is 5.91 Å². The van der Waals surface area contributed by atoms with Crippen molar-refractivity contribution in [2.24, 2.45) is 0 Å². The molecule has 0 aliphatic carbocycles. The van der Waals surface area contributed by atoms with Crippen molar-refractivity contribution in [1.29, 1.82) is 0 Å². The predicted octanol–water partition coefficient (Wildman–Crippen LogP) is 2.37. The average molecular weight is 392 g/mol. The van der Waals surface area contributed by atoms with E-state index in [1.165, 1.54) is 0 Å². The van der Waals surface area contributed by atoms with Gasteiger partial charge in [0.25, 0.3) is 0 Å². The minimum atomic E-state index is -2.96. The Morgan fingerprint density at radius 2 is 2.19 bits per heavy atom. The van der Waals surface area contributed by atoms with Crippen molar-refractivity contribution < 1.29 is 13.2 Å². The van der Waals surface area contributed by atoms with Crippen LogP contribution in [0.2, 0.25) is 0 Å². The minimum Gasteiger partial charge on any atom is -0.351 e. The topological polar surface area (TPSA) is 63.2 Å². The Kier molecular flexibility index (Phi) is 5.73. The van der Waals surface area contributed by atoms with E-state index in [1.54, 1.807) is 11.8 Å². The quantitative estimate of drug-likeness (QED) is 0.836. The van der Waals surface area contributed by atoms with E-state index >= 15 is 0 Å². The van der Waals surface area contributed by atoms with Crippen LogP contribution < -0.4 is 5.32 Å². The van der Waals surface area contributed by atoms with Crippen LogP contribution in [0, 0.1) is 0 Å². The molecule has 1 fully saturated rings. The number of thioether (sulfide) groups is 1. The van der Waals surface area contributed by atoms with Gasteiger partial charge in [0, 0.05) is 16.3 Å². The lowest BCUT2D eigenvalue weighted by Gasteiger charge is -2.16. The summed E-state index contributed by atoms with van der Waals surface area (Å²) in [5, 5.41) is 2.63. The molecule has 0 spiro atoms. The van der Waals surface area contributed by atoms with Crippen LogP contribution in [0.25, 0.3) is 0 Å². The standard InChI is InChI=1S/C14H18BrNO3S2/c1-10(20-8-11-4-2-3-5-13(11)15)14(17)16-12-6-7-21(18,19)9-12/h2-5,10,12H,6-9H2,1H3,(H,16,17)/t10-,12+/m1/s1. The SMILES string of the molecule is C[C@@H](SCc1ccccc1Br)C(=O)N[C@H]1CCS(=O)(=O)C1. The molecule has 1 aliphatic heterocycles. The summed E-state index contributed by atoms with van der Waals surface area (Å²) in [4.78, 5) is 12.1. The maximum absolute atomic E-state index is 12.1. The van der Waals surface area contributed by atoms with Crippen LogP contribution in [-0.2, 0) is 20.4 Å². The number of carbonyl (C=O) groups is 1. The second kappa shape index (κ2) is 7.15. The molecular formula is C14H18BrNO3S2. The molecule has 7 heteroatoms. The average Bonchev–Trinajstić information content (AvgIpc) is 2.76. The normalized spacial score (nSPS) is 21.9. The molecule has 1 heterocycles. The molecule has 2 atom stereocenters. The van der Waals surface area contributed by atoms with Crippen molar-refractivity contribution in [2.75, 3.05) is 11.5 Å². The van der Waals surface area contributed by atoms with E-state index in [0.717, 1.165) is 15.8 Å². The van der Waals surface area contributed by atoms with Gasteiger partial charge in [-0.2, -0.15) is 0 Å². The highest BCUT2D eigenvalue weighted by Gasteiger charge is 2.29. The first-order valence-corrected chi connectivity index (χ1v) is 10.4. The third kappa shape index (κ3) is 5.00. The molecule has 1 aromatic rings. The number of hydrogen-bond donors (Lipinski definition) is 1. The smallest absolute Gasteiger partial charge is 0.233 e. The fraction of sp³-hybridized carbons (Fsp3) is 0.500. The van der Waals surface area contributed by atoms with Crippen LogP contribution >= 0.6 is 27.7 Å². The number of halogens is 1. The second-order valence-electron chi connectivity index (χ2n) is 5.15. The van der Waals surface area contributed by atoms with Crippen LogP contribution in [0.15, 0.2) is 28.7 Å². The highest BCUT2D eigenvalue weighted by Crippen LogP contribution is 2.24. The first-order chi connectivity index (χ1) is 9.87. The molecule has 4 nitrogen and oxygen atoms in total. The summed E-state index contributed by atoms with van der Waals surface area (Å²) in [5.41, 5.74) is 1.14. The lowest BCUT2D eigenvalue weighted by molar-refractivity contribution is -0.120. The lowest BCUT2D eigenvalue weighted by Crippen LogP contribution is -2.40. The first kappa shape index (κ1) is 16.8. The minimum absolute atomic E-state index is 0.0698. The summed E-state index contributed by atoms with van der Waals surface area (Å²) in [5.74, 6) is 0.893. The van der Waals surface area contributed by atoms with Gasteiger partial charge in [-0.3, -0.25) is 4.79 Å².